The topological polar surface area (TPSA) is 55.8 Å². The highest BCUT2D eigenvalue weighted by Gasteiger charge is 2.37. The summed E-state index contributed by atoms with van der Waals surface area (Å²) in [5.41, 5.74) is -0.822. The molecule has 2 fully saturated rings. The van der Waals surface area contributed by atoms with Crippen LogP contribution in [0.15, 0.2) is 0 Å². The van der Waals surface area contributed by atoms with Crippen molar-refractivity contribution in [3.63, 3.8) is 0 Å². The number of hydrogen-bond acceptors (Lipinski definition) is 4. The smallest absolute Gasteiger partial charge is 0.323 e. The number of piperazine rings is 1. The van der Waals surface area contributed by atoms with Gasteiger partial charge in [0.15, 0.2) is 0 Å². The van der Waals surface area contributed by atoms with Crippen molar-refractivity contribution in [2.75, 3.05) is 32.7 Å². The molecule has 0 saturated carbocycles. The van der Waals surface area contributed by atoms with Gasteiger partial charge in [0.2, 0.25) is 0 Å². The van der Waals surface area contributed by atoms with Gasteiger partial charge in [-0.05, 0) is 46.2 Å². The molecule has 0 aliphatic carbocycles. The Morgan fingerprint density at radius 3 is 2.81 bits per heavy atom. The fraction of sp³-hybridized carbons (Fsp3) is 0.938. The van der Waals surface area contributed by atoms with Gasteiger partial charge in [-0.2, -0.15) is 0 Å². The van der Waals surface area contributed by atoms with Crippen molar-refractivity contribution in [2.45, 2.75) is 64.1 Å². The quantitative estimate of drug-likeness (QED) is 0.776. The molecule has 2 aliphatic rings. The zero-order valence-electron chi connectivity index (χ0n) is 13.8. The van der Waals surface area contributed by atoms with E-state index in [1.54, 1.807) is 0 Å². The third kappa shape index (κ3) is 3.96. The van der Waals surface area contributed by atoms with Gasteiger partial charge in [0.1, 0.15) is 5.54 Å². The second-order valence-electron chi connectivity index (χ2n) is 6.90. The molecular formula is C16H31N3O2. The maximum absolute atomic E-state index is 11.6. The number of carboxylic acids is 1. The van der Waals surface area contributed by atoms with Gasteiger partial charge in [-0.15, -0.1) is 0 Å². The number of likely N-dealkylation sites (N-methyl/N-ethyl adjacent to an activating group) is 1. The van der Waals surface area contributed by atoms with E-state index in [-0.39, 0.29) is 0 Å². The van der Waals surface area contributed by atoms with Gasteiger partial charge in [0.25, 0.3) is 0 Å². The Balaban J connectivity index is 1.93. The fourth-order valence-electron chi connectivity index (χ4n) is 3.93. The van der Waals surface area contributed by atoms with Crippen molar-refractivity contribution in [3.05, 3.63) is 0 Å². The molecule has 2 saturated heterocycles. The summed E-state index contributed by atoms with van der Waals surface area (Å²) in [5, 5.41) is 12.7. The Morgan fingerprint density at radius 1 is 1.38 bits per heavy atom. The molecular weight excluding hydrogens is 266 g/mol. The molecule has 2 N–H and O–H groups in total. The van der Waals surface area contributed by atoms with E-state index in [9.17, 15) is 9.90 Å². The normalized spacial score (nSPS) is 28.6. The van der Waals surface area contributed by atoms with E-state index in [2.05, 4.69) is 22.0 Å². The summed E-state index contributed by atoms with van der Waals surface area (Å²) in [6.45, 7) is 11.2. The zero-order chi connectivity index (χ0) is 15.5. The molecule has 2 aliphatic heterocycles. The van der Waals surface area contributed by atoms with E-state index in [1.165, 1.54) is 25.8 Å². The Labute approximate surface area is 128 Å². The lowest BCUT2D eigenvalue weighted by atomic mass is 9.91. The molecule has 0 amide bonds. The van der Waals surface area contributed by atoms with E-state index in [0.717, 1.165) is 19.6 Å². The summed E-state index contributed by atoms with van der Waals surface area (Å²) < 4.78 is 0. The van der Waals surface area contributed by atoms with E-state index in [0.29, 0.717) is 25.0 Å². The largest absolute Gasteiger partial charge is 0.480 e. The first-order valence-corrected chi connectivity index (χ1v) is 8.43. The summed E-state index contributed by atoms with van der Waals surface area (Å²) in [6, 6.07) is 0.986. The van der Waals surface area contributed by atoms with Crippen LogP contribution >= 0.6 is 0 Å². The number of nitrogens with one attached hydrogen (secondary N) is 1. The zero-order valence-corrected chi connectivity index (χ0v) is 13.8. The molecule has 21 heavy (non-hydrogen) atoms. The molecule has 5 heteroatoms. The molecule has 5 nitrogen and oxygen atoms in total. The lowest BCUT2D eigenvalue weighted by molar-refractivity contribution is -0.145. The Hall–Kier alpha value is -0.650. The van der Waals surface area contributed by atoms with Gasteiger partial charge in [0.05, 0.1) is 0 Å². The minimum absolute atomic E-state index is 0.300. The van der Waals surface area contributed by atoms with E-state index >= 15 is 0 Å². The average Bonchev–Trinajstić information content (AvgIpc) is 2.46. The van der Waals surface area contributed by atoms with Crippen LogP contribution in [0.5, 0.6) is 0 Å². The van der Waals surface area contributed by atoms with Gasteiger partial charge >= 0.3 is 5.97 Å². The minimum Gasteiger partial charge on any atom is -0.480 e. The maximum atomic E-state index is 11.6. The number of fused-ring (bicyclic) bond motifs is 1. The van der Waals surface area contributed by atoms with E-state index < -0.39 is 11.5 Å². The molecule has 0 aromatic carbocycles. The summed E-state index contributed by atoms with van der Waals surface area (Å²) in [6.07, 6.45) is 4.63. The molecule has 122 valence electrons. The minimum atomic E-state index is -0.822. The predicted octanol–water partition coefficient (Wildman–Crippen LogP) is 1.39. The first-order valence-electron chi connectivity index (χ1n) is 8.43. The highest BCUT2D eigenvalue weighted by atomic mass is 16.4. The maximum Gasteiger partial charge on any atom is 0.323 e. The van der Waals surface area contributed by atoms with Crippen LogP contribution < -0.4 is 5.32 Å². The lowest BCUT2D eigenvalue weighted by Gasteiger charge is -2.47. The van der Waals surface area contributed by atoms with Crippen LogP contribution in [0.25, 0.3) is 0 Å². The molecule has 2 rings (SSSR count). The summed E-state index contributed by atoms with van der Waals surface area (Å²) in [5.74, 6) is -0.743. The lowest BCUT2D eigenvalue weighted by Crippen LogP contribution is -2.59. The van der Waals surface area contributed by atoms with Crippen molar-refractivity contribution < 1.29 is 9.90 Å². The highest BCUT2D eigenvalue weighted by Crippen LogP contribution is 2.24. The monoisotopic (exact) mass is 297 g/mol. The number of carbonyl (C=O) groups is 1. The van der Waals surface area contributed by atoms with Crippen molar-refractivity contribution in [1.82, 2.24) is 15.1 Å². The average molecular weight is 297 g/mol. The molecule has 3 atom stereocenters. The van der Waals surface area contributed by atoms with Crippen LogP contribution in [0.2, 0.25) is 0 Å². The Kier molecular flexibility index (Phi) is 5.63. The second-order valence-corrected chi connectivity index (χ2v) is 6.90. The SMILES string of the molecule is CCNC(C)(CC(C)N1CCN2CCCCC2C1)C(=O)O. The number of aliphatic carboxylic acids is 1. The van der Waals surface area contributed by atoms with Crippen molar-refractivity contribution in [3.8, 4) is 0 Å². The van der Waals surface area contributed by atoms with Crippen LogP contribution in [0.3, 0.4) is 0 Å². The van der Waals surface area contributed by atoms with Crippen molar-refractivity contribution in [1.29, 1.82) is 0 Å². The van der Waals surface area contributed by atoms with Gasteiger partial charge in [-0.25, -0.2) is 0 Å². The number of piperidine rings is 1. The van der Waals surface area contributed by atoms with Gasteiger partial charge < -0.3 is 10.4 Å². The van der Waals surface area contributed by atoms with Crippen LogP contribution in [-0.4, -0.2) is 71.2 Å². The number of rotatable bonds is 6. The van der Waals surface area contributed by atoms with Crippen molar-refractivity contribution in [2.24, 2.45) is 0 Å². The summed E-state index contributed by atoms with van der Waals surface area (Å²) >= 11 is 0. The third-order valence-corrected chi connectivity index (χ3v) is 5.23. The fourth-order valence-corrected chi connectivity index (χ4v) is 3.93. The molecule has 0 radical (unpaired) electrons. The van der Waals surface area contributed by atoms with E-state index in [1.807, 2.05) is 13.8 Å². The molecule has 0 bridgehead atoms. The molecule has 0 aromatic rings. The molecule has 3 unspecified atom stereocenters. The number of nitrogens with zero attached hydrogens (tertiary/aromatic N) is 2. The van der Waals surface area contributed by atoms with Crippen LogP contribution in [0, 0.1) is 0 Å². The van der Waals surface area contributed by atoms with Crippen LogP contribution in [0.4, 0.5) is 0 Å². The van der Waals surface area contributed by atoms with Gasteiger partial charge in [-0.3, -0.25) is 14.6 Å². The number of carboxylic acid groups (broad SMARTS) is 1. The van der Waals surface area contributed by atoms with Gasteiger partial charge in [0, 0.05) is 31.7 Å². The molecule has 0 aromatic heterocycles. The van der Waals surface area contributed by atoms with E-state index in [4.69, 9.17) is 0 Å². The first-order chi connectivity index (χ1) is 9.96. The van der Waals surface area contributed by atoms with Crippen molar-refractivity contribution >= 4 is 5.97 Å². The summed E-state index contributed by atoms with van der Waals surface area (Å²) in [7, 11) is 0. The first kappa shape index (κ1) is 16.7. The standard InChI is InChI=1S/C16H31N3O2/c1-4-17-16(3,15(20)21)11-13(2)19-10-9-18-8-6-5-7-14(18)12-19/h13-14,17H,4-12H2,1-3H3,(H,20,21). The second kappa shape index (κ2) is 7.07. The summed E-state index contributed by atoms with van der Waals surface area (Å²) in [4.78, 5) is 16.7. The Bertz CT molecular complexity index is 363. The van der Waals surface area contributed by atoms with Gasteiger partial charge in [-0.1, -0.05) is 13.3 Å². The molecule has 2 heterocycles. The van der Waals surface area contributed by atoms with Crippen LogP contribution in [0.1, 0.15) is 46.5 Å². The predicted molar refractivity (Wildman–Crippen MR) is 84.6 cm³/mol. The molecule has 0 spiro atoms. The number of hydrogen-bond donors (Lipinski definition) is 2. The third-order valence-electron chi connectivity index (χ3n) is 5.23. The Morgan fingerprint density at radius 2 is 2.14 bits per heavy atom. The van der Waals surface area contributed by atoms with Crippen LogP contribution in [-0.2, 0) is 4.79 Å². The highest BCUT2D eigenvalue weighted by molar-refractivity contribution is 5.78.